The molecule has 0 bridgehead atoms. The first-order valence-corrected chi connectivity index (χ1v) is 6.66. The Morgan fingerprint density at radius 2 is 2.05 bits per heavy atom. The lowest BCUT2D eigenvalue weighted by molar-refractivity contribution is 0.407. The van der Waals surface area contributed by atoms with Crippen molar-refractivity contribution in [3.05, 3.63) is 65.0 Å². The fourth-order valence-electron chi connectivity index (χ4n) is 2.15. The molecule has 3 nitrogen and oxygen atoms in total. The van der Waals surface area contributed by atoms with Crippen molar-refractivity contribution < 1.29 is 9.13 Å². The van der Waals surface area contributed by atoms with E-state index in [2.05, 4.69) is 11.4 Å². The molecule has 0 aromatic heterocycles. The molecule has 0 saturated heterocycles. The van der Waals surface area contributed by atoms with Gasteiger partial charge < -0.3 is 4.74 Å². The van der Waals surface area contributed by atoms with Gasteiger partial charge in [0.25, 0.3) is 0 Å². The molecule has 0 spiro atoms. The Balaban J connectivity index is 2.13. The zero-order chi connectivity index (χ0) is 15.2. The van der Waals surface area contributed by atoms with Gasteiger partial charge in [0.15, 0.2) is 0 Å². The van der Waals surface area contributed by atoms with E-state index in [1.807, 2.05) is 24.3 Å². The Morgan fingerprint density at radius 1 is 1.29 bits per heavy atom. The summed E-state index contributed by atoms with van der Waals surface area (Å²) in [5, 5.41) is 12.5. The number of para-hydroxylation sites is 1. The Hall–Kier alpha value is -2.38. The summed E-state index contributed by atoms with van der Waals surface area (Å²) in [7, 11) is 1.62. The molecule has 0 aliphatic carbocycles. The molecule has 108 valence electrons. The second kappa shape index (κ2) is 6.87. The molecule has 2 rings (SSSR count). The van der Waals surface area contributed by atoms with Crippen molar-refractivity contribution in [1.29, 1.82) is 5.26 Å². The van der Waals surface area contributed by atoms with Crippen LogP contribution in [-0.4, -0.2) is 7.11 Å². The SMILES string of the molecule is COc1ccccc1CNC(C#N)c1ccc(F)c(C)c1. The predicted molar refractivity (Wildman–Crippen MR) is 79.3 cm³/mol. The molecule has 1 N–H and O–H groups in total. The lowest BCUT2D eigenvalue weighted by atomic mass is 10.0. The molecule has 2 aromatic carbocycles. The quantitative estimate of drug-likeness (QED) is 0.914. The third-order valence-electron chi connectivity index (χ3n) is 3.33. The normalized spacial score (nSPS) is 11.7. The van der Waals surface area contributed by atoms with E-state index in [-0.39, 0.29) is 5.82 Å². The maximum Gasteiger partial charge on any atom is 0.126 e. The molecule has 0 radical (unpaired) electrons. The van der Waals surface area contributed by atoms with Gasteiger partial charge in [-0.25, -0.2) is 4.39 Å². The Labute approximate surface area is 124 Å². The van der Waals surface area contributed by atoms with E-state index < -0.39 is 6.04 Å². The number of nitrogens with one attached hydrogen (secondary N) is 1. The monoisotopic (exact) mass is 284 g/mol. The van der Waals surface area contributed by atoms with Gasteiger partial charge in [0.1, 0.15) is 17.6 Å². The fraction of sp³-hybridized carbons (Fsp3) is 0.235. The third-order valence-corrected chi connectivity index (χ3v) is 3.33. The molecule has 1 unspecified atom stereocenters. The number of halogens is 1. The summed E-state index contributed by atoms with van der Waals surface area (Å²) in [5.41, 5.74) is 2.26. The number of benzene rings is 2. The van der Waals surface area contributed by atoms with Crippen molar-refractivity contribution in [2.45, 2.75) is 19.5 Å². The van der Waals surface area contributed by atoms with Gasteiger partial charge in [0, 0.05) is 12.1 Å². The molecule has 0 heterocycles. The zero-order valence-electron chi connectivity index (χ0n) is 12.1. The van der Waals surface area contributed by atoms with Crippen LogP contribution in [0.3, 0.4) is 0 Å². The number of hydrogen-bond donors (Lipinski definition) is 1. The van der Waals surface area contributed by atoms with Crippen LogP contribution < -0.4 is 10.1 Å². The summed E-state index contributed by atoms with van der Waals surface area (Å²) in [6.45, 7) is 2.19. The van der Waals surface area contributed by atoms with Gasteiger partial charge in [-0.1, -0.05) is 30.3 Å². The number of rotatable bonds is 5. The highest BCUT2D eigenvalue weighted by Crippen LogP contribution is 2.20. The second-order valence-electron chi connectivity index (χ2n) is 4.76. The van der Waals surface area contributed by atoms with Crippen LogP contribution in [0.4, 0.5) is 4.39 Å². The molecule has 21 heavy (non-hydrogen) atoms. The number of hydrogen-bond acceptors (Lipinski definition) is 3. The van der Waals surface area contributed by atoms with E-state index in [0.717, 1.165) is 16.9 Å². The van der Waals surface area contributed by atoms with Crippen molar-refractivity contribution in [3.63, 3.8) is 0 Å². The summed E-state index contributed by atoms with van der Waals surface area (Å²) >= 11 is 0. The first kappa shape index (κ1) is 15.0. The van der Waals surface area contributed by atoms with Crippen LogP contribution in [0.1, 0.15) is 22.7 Å². The van der Waals surface area contributed by atoms with Crippen molar-refractivity contribution >= 4 is 0 Å². The van der Waals surface area contributed by atoms with Crippen LogP contribution in [-0.2, 0) is 6.54 Å². The predicted octanol–water partition coefficient (Wildman–Crippen LogP) is 3.50. The van der Waals surface area contributed by atoms with Gasteiger partial charge in [-0.2, -0.15) is 5.26 Å². The van der Waals surface area contributed by atoms with Crippen molar-refractivity contribution in [2.75, 3.05) is 7.11 Å². The molecule has 2 aromatic rings. The van der Waals surface area contributed by atoms with E-state index in [9.17, 15) is 9.65 Å². The molecular weight excluding hydrogens is 267 g/mol. The molecule has 4 heteroatoms. The minimum atomic E-state index is -0.491. The topological polar surface area (TPSA) is 45.0 Å². The van der Waals surface area contributed by atoms with E-state index in [4.69, 9.17) is 4.74 Å². The molecule has 0 aliphatic heterocycles. The highest BCUT2D eigenvalue weighted by Gasteiger charge is 2.12. The van der Waals surface area contributed by atoms with Crippen LogP contribution in [0.5, 0.6) is 5.75 Å². The fourth-order valence-corrected chi connectivity index (χ4v) is 2.15. The highest BCUT2D eigenvalue weighted by molar-refractivity contribution is 5.34. The van der Waals surface area contributed by atoms with Gasteiger partial charge in [-0.15, -0.1) is 0 Å². The first-order chi connectivity index (χ1) is 10.2. The summed E-state index contributed by atoms with van der Waals surface area (Å²) in [5.74, 6) is 0.511. The first-order valence-electron chi connectivity index (χ1n) is 6.66. The summed E-state index contributed by atoms with van der Waals surface area (Å²) in [6.07, 6.45) is 0. The molecule has 1 atom stereocenters. The van der Waals surface area contributed by atoms with E-state index in [1.165, 1.54) is 6.07 Å². The van der Waals surface area contributed by atoms with Crippen molar-refractivity contribution in [1.82, 2.24) is 5.32 Å². The number of aryl methyl sites for hydroxylation is 1. The summed E-state index contributed by atoms with van der Waals surface area (Å²) in [4.78, 5) is 0. The number of nitriles is 1. The molecule has 0 fully saturated rings. The van der Waals surface area contributed by atoms with Gasteiger partial charge in [-0.3, -0.25) is 5.32 Å². The average Bonchev–Trinajstić information content (AvgIpc) is 2.51. The Bertz CT molecular complexity index is 664. The smallest absolute Gasteiger partial charge is 0.126 e. The average molecular weight is 284 g/mol. The number of ether oxygens (including phenoxy) is 1. The van der Waals surface area contributed by atoms with Crippen LogP contribution in [0.25, 0.3) is 0 Å². The van der Waals surface area contributed by atoms with E-state index in [0.29, 0.717) is 12.1 Å². The molecule has 0 saturated carbocycles. The van der Waals surface area contributed by atoms with E-state index in [1.54, 1.807) is 26.2 Å². The van der Waals surface area contributed by atoms with Crippen LogP contribution in [0.2, 0.25) is 0 Å². The van der Waals surface area contributed by atoms with Crippen LogP contribution in [0, 0.1) is 24.1 Å². The summed E-state index contributed by atoms with van der Waals surface area (Å²) < 4.78 is 18.6. The third kappa shape index (κ3) is 3.59. The molecule has 0 aliphatic rings. The standard InChI is InChI=1S/C17H17FN2O/c1-12-9-13(7-8-15(12)18)16(10-19)20-11-14-5-3-4-6-17(14)21-2/h3-9,16,20H,11H2,1-2H3. The van der Waals surface area contributed by atoms with Gasteiger partial charge >= 0.3 is 0 Å². The minimum absolute atomic E-state index is 0.264. The lowest BCUT2D eigenvalue weighted by Crippen LogP contribution is -2.20. The lowest BCUT2D eigenvalue weighted by Gasteiger charge is -2.14. The minimum Gasteiger partial charge on any atom is -0.496 e. The maximum absolute atomic E-state index is 13.3. The van der Waals surface area contributed by atoms with Crippen molar-refractivity contribution in [3.8, 4) is 11.8 Å². The number of nitrogens with zero attached hydrogens (tertiary/aromatic N) is 1. The molecular formula is C17H17FN2O. The number of methoxy groups -OCH3 is 1. The van der Waals surface area contributed by atoms with Gasteiger partial charge in [0.05, 0.1) is 13.2 Å². The van der Waals surface area contributed by atoms with Crippen LogP contribution in [0.15, 0.2) is 42.5 Å². The second-order valence-corrected chi connectivity index (χ2v) is 4.76. The Morgan fingerprint density at radius 3 is 2.71 bits per heavy atom. The molecule has 0 amide bonds. The highest BCUT2D eigenvalue weighted by atomic mass is 19.1. The van der Waals surface area contributed by atoms with Crippen molar-refractivity contribution in [2.24, 2.45) is 0 Å². The zero-order valence-corrected chi connectivity index (χ0v) is 12.1. The largest absolute Gasteiger partial charge is 0.496 e. The van der Waals surface area contributed by atoms with Gasteiger partial charge in [-0.05, 0) is 30.2 Å². The van der Waals surface area contributed by atoms with Gasteiger partial charge in [0.2, 0.25) is 0 Å². The van der Waals surface area contributed by atoms with Crippen LogP contribution >= 0.6 is 0 Å². The Kier molecular flexibility index (Phi) is 4.91. The summed E-state index contributed by atoms with van der Waals surface area (Å²) in [6, 6.07) is 14.1. The maximum atomic E-state index is 13.3. The van der Waals surface area contributed by atoms with E-state index >= 15 is 0 Å².